The second-order valence-electron chi connectivity index (χ2n) is 9.08. The third kappa shape index (κ3) is 16.9. The highest BCUT2D eigenvalue weighted by molar-refractivity contribution is 7.99. The van der Waals surface area contributed by atoms with Gasteiger partial charge in [-0.25, -0.2) is 0 Å². The van der Waals surface area contributed by atoms with E-state index in [9.17, 15) is 9.90 Å². The first-order valence-corrected chi connectivity index (χ1v) is 14.7. The van der Waals surface area contributed by atoms with E-state index in [1.807, 2.05) is 11.8 Å². The number of aromatic hydroxyl groups is 1. The first-order valence-electron chi connectivity index (χ1n) is 13.5. The number of hydrogen-bond donors (Lipinski definition) is 2. The van der Waals surface area contributed by atoms with E-state index in [1.54, 1.807) is 18.2 Å². The lowest BCUT2D eigenvalue weighted by Gasteiger charge is -2.08. The molecular weight excluding hydrogens is 442 g/mol. The number of methoxy groups -OCH3 is 1. The van der Waals surface area contributed by atoms with Crippen LogP contribution in [0.2, 0.25) is 0 Å². The number of ether oxygens (including phenoxy) is 1. The number of carbonyl (C=O) groups excluding carboxylic acids is 1. The van der Waals surface area contributed by atoms with Gasteiger partial charge < -0.3 is 15.2 Å². The van der Waals surface area contributed by atoms with E-state index in [4.69, 9.17) is 4.74 Å². The average molecular weight is 492 g/mol. The molecule has 2 N–H and O–H groups in total. The Kier molecular flexibility index (Phi) is 19.6. The van der Waals surface area contributed by atoms with Crippen LogP contribution in [0.3, 0.4) is 0 Å². The van der Waals surface area contributed by atoms with E-state index < -0.39 is 0 Å². The molecule has 0 atom stereocenters. The lowest BCUT2D eigenvalue weighted by atomic mass is 10.1. The summed E-state index contributed by atoms with van der Waals surface area (Å²) >= 11 is 1.87. The Balaban J connectivity index is 1.84. The molecule has 0 spiro atoms. The van der Waals surface area contributed by atoms with Crippen molar-refractivity contribution in [3.05, 3.63) is 35.9 Å². The number of benzene rings is 1. The maximum Gasteiger partial charge on any atom is 0.221 e. The number of phenolic OH excluding ortho intramolecular Hbond substituents is 1. The molecule has 194 valence electrons. The van der Waals surface area contributed by atoms with Crippen LogP contribution in [0.25, 0.3) is 0 Å². The molecule has 1 aromatic rings. The van der Waals surface area contributed by atoms with Gasteiger partial charge in [0.05, 0.1) is 7.11 Å². The minimum Gasteiger partial charge on any atom is -0.504 e. The van der Waals surface area contributed by atoms with Crippen molar-refractivity contribution >= 4 is 17.7 Å². The van der Waals surface area contributed by atoms with Crippen LogP contribution in [0, 0.1) is 0 Å². The normalized spacial score (nSPS) is 11.2. The summed E-state index contributed by atoms with van der Waals surface area (Å²) in [4.78, 5) is 12.0. The predicted molar refractivity (Wildman–Crippen MR) is 148 cm³/mol. The zero-order chi connectivity index (χ0) is 24.7. The second-order valence-corrected chi connectivity index (χ2v) is 10.3. The third-order valence-electron chi connectivity index (χ3n) is 6.01. The predicted octanol–water partition coefficient (Wildman–Crippen LogP) is 8.18. The van der Waals surface area contributed by atoms with Crippen molar-refractivity contribution in [2.24, 2.45) is 0 Å². The van der Waals surface area contributed by atoms with Crippen molar-refractivity contribution in [1.82, 2.24) is 5.32 Å². The van der Waals surface area contributed by atoms with Crippen LogP contribution in [-0.2, 0) is 11.3 Å². The fraction of sp³-hybridized carbons (Fsp3) is 0.690. The molecule has 0 bridgehead atoms. The number of unbranched alkanes of at least 4 members (excludes halogenated alkanes) is 12. The fourth-order valence-electron chi connectivity index (χ4n) is 3.84. The summed E-state index contributed by atoms with van der Waals surface area (Å²) in [5.41, 5.74) is 0.917. The Labute approximate surface area is 213 Å². The summed E-state index contributed by atoms with van der Waals surface area (Å²) in [6.07, 6.45) is 24.0. The Morgan fingerprint density at radius 3 is 2.18 bits per heavy atom. The maximum absolute atomic E-state index is 12.0. The third-order valence-corrected chi connectivity index (χ3v) is 7.08. The molecule has 0 aromatic heterocycles. The van der Waals surface area contributed by atoms with E-state index in [0.717, 1.165) is 17.1 Å². The molecule has 0 heterocycles. The van der Waals surface area contributed by atoms with Gasteiger partial charge >= 0.3 is 0 Å². The first kappa shape index (κ1) is 30.4. The lowest BCUT2D eigenvalue weighted by molar-refractivity contribution is -0.120. The largest absolute Gasteiger partial charge is 0.504 e. The van der Waals surface area contributed by atoms with E-state index in [2.05, 4.69) is 24.4 Å². The Bertz CT molecular complexity index is 663. The van der Waals surface area contributed by atoms with Gasteiger partial charge in [0.15, 0.2) is 11.5 Å². The molecule has 0 unspecified atom stereocenters. The van der Waals surface area contributed by atoms with Crippen molar-refractivity contribution in [1.29, 1.82) is 0 Å². The highest BCUT2D eigenvalue weighted by Gasteiger charge is 2.05. The second kappa shape index (κ2) is 21.9. The van der Waals surface area contributed by atoms with Gasteiger partial charge in [-0.1, -0.05) is 82.9 Å². The van der Waals surface area contributed by atoms with Crippen molar-refractivity contribution in [3.63, 3.8) is 0 Å². The summed E-state index contributed by atoms with van der Waals surface area (Å²) < 4.78 is 5.10. The number of phenols is 1. The van der Waals surface area contributed by atoms with Gasteiger partial charge in [0.1, 0.15) is 0 Å². The lowest BCUT2D eigenvalue weighted by Crippen LogP contribution is -2.23. The number of thioether (sulfide) groups is 1. The molecule has 4 nitrogen and oxygen atoms in total. The number of rotatable bonds is 22. The van der Waals surface area contributed by atoms with Gasteiger partial charge in [0, 0.05) is 18.7 Å². The van der Waals surface area contributed by atoms with Gasteiger partial charge in [0.2, 0.25) is 5.91 Å². The minimum absolute atomic E-state index is 0.0700. The van der Waals surface area contributed by atoms with E-state index in [0.29, 0.717) is 18.7 Å². The number of hydrogen-bond acceptors (Lipinski definition) is 4. The highest BCUT2D eigenvalue weighted by Crippen LogP contribution is 2.26. The van der Waals surface area contributed by atoms with Crippen LogP contribution in [0.15, 0.2) is 30.4 Å². The topological polar surface area (TPSA) is 58.6 Å². The van der Waals surface area contributed by atoms with E-state index >= 15 is 0 Å². The molecule has 0 aliphatic heterocycles. The Morgan fingerprint density at radius 2 is 1.53 bits per heavy atom. The first-order chi connectivity index (χ1) is 16.7. The SMILES string of the molecule is CCCCCCCC/C=C\CCCCCCCCSCCC(=O)NCc1ccc(O)c(OC)c1. The molecule has 0 saturated carbocycles. The van der Waals surface area contributed by atoms with Gasteiger partial charge in [-0.2, -0.15) is 11.8 Å². The number of nitrogens with one attached hydrogen (secondary N) is 1. The van der Waals surface area contributed by atoms with Crippen LogP contribution >= 0.6 is 11.8 Å². The van der Waals surface area contributed by atoms with Gasteiger partial charge in [-0.15, -0.1) is 0 Å². The van der Waals surface area contributed by atoms with Crippen molar-refractivity contribution < 1.29 is 14.6 Å². The molecule has 0 saturated heterocycles. The fourth-order valence-corrected chi connectivity index (χ4v) is 4.78. The molecule has 0 radical (unpaired) electrons. The zero-order valence-corrected chi connectivity index (χ0v) is 22.6. The van der Waals surface area contributed by atoms with Gasteiger partial charge in [-0.3, -0.25) is 4.79 Å². The van der Waals surface area contributed by atoms with Crippen molar-refractivity contribution in [2.45, 2.75) is 110 Å². The van der Waals surface area contributed by atoms with Crippen LogP contribution < -0.4 is 10.1 Å². The number of carbonyl (C=O) groups is 1. The summed E-state index contributed by atoms with van der Waals surface area (Å²) in [7, 11) is 1.52. The smallest absolute Gasteiger partial charge is 0.221 e. The zero-order valence-electron chi connectivity index (χ0n) is 21.8. The van der Waals surface area contributed by atoms with Crippen molar-refractivity contribution in [2.75, 3.05) is 18.6 Å². The van der Waals surface area contributed by atoms with Crippen LogP contribution in [0.5, 0.6) is 11.5 Å². The maximum atomic E-state index is 12.0. The quantitative estimate of drug-likeness (QED) is 0.127. The molecule has 0 aliphatic carbocycles. The standard InChI is InChI=1S/C29H49NO3S/c1-3-4-5-6-7-8-9-10-11-12-13-14-15-16-17-18-22-34-23-21-29(32)30-25-26-19-20-27(31)28(24-26)33-2/h10-11,19-20,24,31H,3-9,12-18,21-23,25H2,1-2H3,(H,30,32)/b11-10-. The molecule has 5 heteroatoms. The summed E-state index contributed by atoms with van der Waals surface area (Å²) in [5.74, 6) is 2.62. The Hall–Kier alpha value is -1.62. The summed E-state index contributed by atoms with van der Waals surface area (Å²) in [5, 5.41) is 12.6. The molecule has 34 heavy (non-hydrogen) atoms. The molecule has 1 amide bonds. The molecule has 1 aromatic carbocycles. The monoisotopic (exact) mass is 491 g/mol. The summed E-state index contributed by atoms with van der Waals surface area (Å²) in [6.45, 7) is 2.73. The molecule has 0 fully saturated rings. The molecular formula is C29H49NO3S. The van der Waals surface area contributed by atoms with Crippen LogP contribution in [-0.4, -0.2) is 29.6 Å². The molecule has 1 rings (SSSR count). The van der Waals surface area contributed by atoms with E-state index in [1.165, 1.54) is 97.0 Å². The molecule has 0 aliphatic rings. The average Bonchev–Trinajstić information content (AvgIpc) is 2.85. The number of allylic oxidation sites excluding steroid dienone is 2. The highest BCUT2D eigenvalue weighted by atomic mass is 32.2. The number of amides is 1. The van der Waals surface area contributed by atoms with Gasteiger partial charge in [-0.05, 0) is 55.6 Å². The Morgan fingerprint density at radius 1 is 0.912 bits per heavy atom. The van der Waals surface area contributed by atoms with Gasteiger partial charge in [0.25, 0.3) is 0 Å². The van der Waals surface area contributed by atoms with Crippen molar-refractivity contribution in [3.8, 4) is 11.5 Å². The summed E-state index contributed by atoms with van der Waals surface area (Å²) in [6, 6.07) is 5.13. The minimum atomic E-state index is 0.0700. The van der Waals surface area contributed by atoms with Crippen LogP contribution in [0.1, 0.15) is 109 Å². The van der Waals surface area contributed by atoms with Crippen LogP contribution in [0.4, 0.5) is 0 Å². The van der Waals surface area contributed by atoms with E-state index in [-0.39, 0.29) is 11.7 Å².